The molecule has 0 atom stereocenters. The van der Waals surface area contributed by atoms with E-state index in [-0.39, 0.29) is 5.91 Å². The lowest BCUT2D eigenvalue weighted by molar-refractivity contribution is -0.118. The van der Waals surface area contributed by atoms with Crippen molar-refractivity contribution in [1.82, 2.24) is 5.43 Å². The molecule has 0 unspecified atom stereocenters. The molecule has 0 saturated carbocycles. The van der Waals surface area contributed by atoms with E-state index in [0.29, 0.717) is 16.5 Å². The predicted molar refractivity (Wildman–Crippen MR) is 115 cm³/mol. The van der Waals surface area contributed by atoms with Crippen LogP contribution in [0, 0.1) is 0 Å². The summed E-state index contributed by atoms with van der Waals surface area (Å²) in [4.78, 5) is 11.8. The van der Waals surface area contributed by atoms with Gasteiger partial charge in [-0.2, -0.15) is 5.10 Å². The Balaban J connectivity index is 1.44. The van der Waals surface area contributed by atoms with Gasteiger partial charge in [-0.3, -0.25) is 4.79 Å². The molecule has 0 fully saturated rings. The van der Waals surface area contributed by atoms with Gasteiger partial charge in [-0.1, -0.05) is 51.8 Å². The predicted octanol–water partition coefficient (Wildman–Crippen LogP) is 5.75. The van der Waals surface area contributed by atoms with Crippen LogP contribution in [0.15, 0.2) is 74.7 Å². The molecule has 1 heterocycles. The lowest BCUT2D eigenvalue weighted by Gasteiger charge is -2.01. The molecule has 1 aromatic heterocycles. The second-order valence-corrected chi connectivity index (χ2v) is 7.96. The minimum Gasteiger partial charge on any atom is -0.455 e. The number of carbonyl (C=O) groups is 1. The largest absolute Gasteiger partial charge is 0.455 e. The lowest BCUT2D eigenvalue weighted by atomic mass is 10.2. The first-order valence-electron chi connectivity index (χ1n) is 8.10. The number of benzene rings is 2. The van der Waals surface area contributed by atoms with Crippen LogP contribution in [0.4, 0.5) is 0 Å². The van der Waals surface area contributed by atoms with Crippen LogP contribution in [0.25, 0.3) is 11.3 Å². The molecule has 0 aliphatic carbocycles. The molecular formula is C20H16BrClN2O2S. The Morgan fingerprint density at radius 3 is 2.59 bits per heavy atom. The van der Waals surface area contributed by atoms with Crippen molar-refractivity contribution >= 4 is 51.4 Å². The second-order valence-electron chi connectivity index (χ2n) is 5.62. The SMILES string of the molecule is O=C(CSCc1ccc(Cl)cc1)N/N=C/c1ccc(-c2ccc(Br)cc2)o1. The summed E-state index contributed by atoms with van der Waals surface area (Å²) in [6.45, 7) is 0. The number of hydrogen-bond donors (Lipinski definition) is 1. The summed E-state index contributed by atoms with van der Waals surface area (Å²) in [5.41, 5.74) is 4.60. The summed E-state index contributed by atoms with van der Waals surface area (Å²) < 4.78 is 6.72. The number of carbonyl (C=O) groups excluding carboxylic acids is 1. The highest BCUT2D eigenvalue weighted by molar-refractivity contribution is 9.10. The van der Waals surface area contributed by atoms with Gasteiger partial charge in [-0.25, -0.2) is 5.43 Å². The van der Waals surface area contributed by atoms with Crippen molar-refractivity contribution in [2.24, 2.45) is 5.10 Å². The fourth-order valence-electron chi connectivity index (χ4n) is 2.23. The molecule has 7 heteroatoms. The van der Waals surface area contributed by atoms with Gasteiger partial charge in [-0.15, -0.1) is 11.8 Å². The Kier molecular flexibility index (Phi) is 7.15. The molecule has 1 N–H and O–H groups in total. The van der Waals surface area contributed by atoms with Gasteiger partial charge < -0.3 is 4.42 Å². The monoisotopic (exact) mass is 462 g/mol. The maximum absolute atomic E-state index is 11.8. The van der Waals surface area contributed by atoms with Crippen LogP contribution in [0.2, 0.25) is 5.02 Å². The van der Waals surface area contributed by atoms with E-state index < -0.39 is 0 Å². The average molecular weight is 464 g/mol. The highest BCUT2D eigenvalue weighted by Gasteiger charge is 2.04. The molecule has 138 valence electrons. The third-order valence-electron chi connectivity index (χ3n) is 3.55. The zero-order chi connectivity index (χ0) is 19.1. The molecule has 4 nitrogen and oxygen atoms in total. The van der Waals surface area contributed by atoms with E-state index in [9.17, 15) is 4.79 Å². The molecule has 0 radical (unpaired) electrons. The van der Waals surface area contributed by atoms with Crippen LogP contribution in [-0.2, 0) is 10.5 Å². The first-order valence-corrected chi connectivity index (χ1v) is 10.4. The van der Waals surface area contributed by atoms with E-state index in [1.54, 1.807) is 0 Å². The molecule has 27 heavy (non-hydrogen) atoms. The summed E-state index contributed by atoms with van der Waals surface area (Å²) in [7, 11) is 0. The van der Waals surface area contributed by atoms with E-state index in [1.165, 1.54) is 18.0 Å². The summed E-state index contributed by atoms with van der Waals surface area (Å²) in [5.74, 6) is 2.21. The number of furan rings is 1. The Morgan fingerprint density at radius 1 is 1.11 bits per heavy atom. The molecular weight excluding hydrogens is 448 g/mol. The van der Waals surface area contributed by atoms with E-state index in [4.69, 9.17) is 16.0 Å². The molecule has 0 spiro atoms. The number of hydrazone groups is 1. The molecule has 2 aromatic carbocycles. The van der Waals surface area contributed by atoms with Gasteiger partial charge in [0.1, 0.15) is 11.5 Å². The van der Waals surface area contributed by atoms with Crippen molar-refractivity contribution in [2.75, 3.05) is 5.75 Å². The number of halogens is 2. The molecule has 3 aromatic rings. The Morgan fingerprint density at radius 2 is 1.85 bits per heavy atom. The van der Waals surface area contributed by atoms with Crippen molar-refractivity contribution < 1.29 is 9.21 Å². The molecule has 0 bridgehead atoms. The maximum atomic E-state index is 11.8. The first kappa shape index (κ1) is 19.7. The third kappa shape index (κ3) is 6.27. The van der Waals surface area contributed by atoms with Crippen LogP contribution >= 0.6 is 39.3 Å². The standard InChI is InChI=1S/C20H16BrClN2O2S/c21-16-5-3-15(4-6-16)19-10-9-18(26-19)11-23-24-20(25)13-27-12-14-1-7-17(22)8-2-14/h1-11H,12-13H2,(H,24,25)/b23-11+. The fourth-order valence-corrected chi connectivity index (χ4v) is 3.40. The van der Waals surface area contributed by atoms with Crippen molar-refractivity contribution in [3.05, 3.63) is 81.5 Å². The summed E-state index contributed by atoms with van der Waals surface area (Å²) in [6, 6.07) is 19.1. The summed E-state index contributed by atoms with van der Waals surface area (Å²) in [5, 5.41) is 4.65. The summed E-state index contributed by atoms with van der Waals surface area (Å²) in [6.07, 6.45) is 1.49. The Hall–Kier alpha value is -2.02. The zero-order valence-corrected chi connectivity index (χ0v) is 17.4. The Bertz CT molecular complexity index is 924. The van der Waals surface area contributed by atoms with Gasteiger partial charge in [0.2, 0.25) is 5.91 Å². The topological polar surface area (TPSA) is 54.6 Å². The molecule has 0 saturated heterocycles. The minimum absolute atomic E-state index is 0.162. The third-order valence-corrected chi connectivity index (χ3v) is 5.34. The maximum Gasteiger partial charge on any atom is 0.250 e. The van der Waals surface area contributed by atoms with Gasteiger partial charge in [0.25, 0.3) is 0 Å². The van der Waals surface area contributed by atoms with Gasteiger partial charge in [-0.05, 0) is 42.0 Å². The van der Waals surface area contributed by atoms with Gasteiger partial charge >= 0.3 is 0 Å². The van der Waals surface area contributed by atoms with Gasteiger partial charge in [0.15, 0.2) is 0 Å². The van der Waals surface area contributed by atoms with Crippen LogP contribution in [0.5, 0.6) is 0 Å². The van der Waals surface area contributed by atoms with Crippen molar-refractivity contribution in [3.63, 3.8) is 0 Å². The molecule has 0 aliphatic heterocycles. The number of hydrogen-bond acceptors (Lipinski definition) is 4. The minimum atomic E-state index is -0.162. The van der Waals surface area contributed by atoms with E-state index in [1.807, 2.05) is 60.7 Å². The number of amides is 1. The smallest absolute Gasteiger partial charge is 0.250 e. The average Bonchev–Trinajstić information content (AvgIpc) is 3.13. The quantitative estimate of drug-likeness (QED) is 0.359. The van der Waals surface area contributed by atoms with Crippen LogP contribution in [-0.4, -0.2) is 17.9 Å². The lowest BCUT2D eigenvalue weighted by Crippen LogP contribution is -2.19. The van der Waals surface area contributed by atoms with Crippen molar-refractivity contribution in [1.29, 1.82) is 0 Å². The van der Waals surface area contributed by atoms with Gasteiger partial charge in [0.05, 0.1) is 12.0 Å². The van der Waals surface area contributed by atoms with Crippen LogP contribution < -0.4 is 5.43 Å². The van der Waals surface area contributed by atoms with Gasteiger partial charge in [0, 0.05) is 20.8 Å². The summed E-state index contributed by atoms with van der Waals surface area (Å²) >= 11 is 10.8. The number of thioether (sulfide) groups is 1. The van der Waals surface area contributed by atoms with E-state index in [2.05, 4.69) is 26.5 Å². The zero-order valence-electron chi connectivity index (χ0n) is 14.2. The second kappa shape index (κ2) is 9.78. The highest BCUT2D eigenvalue weighted by Crippen LogP contribution is 2.23. The number of rotatable bonds is 7. The van der Waals surface area contributed by atoms with Crippen LogP contribution in [0.1, 0.15) is 11.3 Å². The van der Waals surface area contributed by atoms with Crippen molar-refractivity contribution in [3.8, 4) is 11.3 Å². The Labute approximate surface area is 175 Å². The van der Waals surface area contributed by atoms with E-state index in [0.717, 1.165) is 27.1 Å². The fraction of sp³-hybridized carbons (Fsp3) is 0.100. The molecule has 3 rings (SSSR count). The molecule has 0 aliphatic rings. The first-order chi connectivity index (χ1) is 13.1. The number of nitrogens with one attached hydrogen (secondary N) is 1. The van der Waals surface area contributed by atoms with Crippen LogP contribution in [0.3, 0.4) is 0 Å². The van der Waals surface area contributed by atoms with Crippen molar-refractivity contribution in [2.45, 2.75) is 5.75 Å². The highest BCUT2D eigenvalue weighted by atomic mass is 79.9. The number of nitrogens with zero attached hydrogens (tertiary/aromatic N) is 1. The molecule has 1 amide bonds. The van der Waals surface area contributed by atoms with E-state index >= 15 is 0 Å². The normalized spacial score (nSPS) is 11.0.